The minimum atomic E-state index is -1.33. The Hall–Kier alpha value is -3.01. The number of carbonyl (C=O) groups is 1. The van der Waals surface area contributed by atoms with Crippen LogP contribution >= 0.6 is 0 Å². The van der Waals surface area contributed by atoms with Gasteiger partial charge in [0.25, 0.3) is 0 Å². The van der Waals surface area contributed by atoms with E-state index < -0.39 is 17.2 Å². The van der Waals surface area contributed by atoms with Crippen LogP contribution in [-0.4, -0.2) is 59.1 Å². The van der Waals surface area contributed by atoms with Crippen molar-refractivity contribution in [2.24, 2.45) is 5.16 Å². The molecule has 10 heteroatoms. The molecule has 2 fully saturated rings. The number of likely N-dealkylation sites (N-methyl/N-ethyl adjacent to an activating group) is 1. The Balaban J connectivity index is 1.82. The Kier molecular flexibility index (Phi) is 5.42. The summed E-state index contributed by atoms with van der Waals surface area (Å²) in [6.07, 6.45) is 3.73. The molecule has 0 spiro atoms. The Bertz CT molecular complexity index is 1080. The van der Waals surface area contributed by atoms with Crippen LogP contribution in [0.4, 0.5) is 10.2 Å². The van der Waals surface area contributed by atoms with Gasteiger partial charge in [0.1, 0.15) is 17.8 Å². The molecule has 160 valence electrons. The number of nitrogens with one attached hydrogen (secondary N) is 1. The van der Waals surface area contributed by atoms with E-state index in [1.807, 2.05) is 14.0 Å². The van der Waals surface area contributed by atoms with Crippen LogP contribution in [0.3, 0.4) is 0 Å². The summed E-state index contributed by atoms with van der Waals surface area (Å²) in [7, 11) is 1.83. The van der Waals surface area contributed by atoms with Crippen LogP contribution in [0.1, 0.15) is 42.6 Å². The van der Waals surface area contributed by atoms with Gasteiger partial charge in [0.05, 0.1) is 17.6 Å². The second kappa shape index (κ2) is 8.02. The minimum Gasteiger partial charge on any atom is -0.477 e. The van der Waals surface area contributed by atoms with Crippen LogP contribution in [0.2, 0.25) is 0 Å². The topological polar surface area (TPSA) is 109 Å². The number of halogens is 1. The first kappa shape index (κ1) is 20.3. The van der Waals surface area contributed by atoms with Crippen molar-refractivity contribution in [2.75, 3.05) is 31.6 Å². The van der Waals surface area contributed by atoms with Crippen LogP contribution in [0, 0.1) is 5.82 Å². The van der Waals surface area contributed by atoms with Gasteiger partial charge in [-0.1, -0.05) is 5.16 Å². The fourth-order valence-corrected chi connectivity index (χ4v) is 3.78. The van der Waals surface area contributed by atoms with Gasteiger partial charge in [0, 0.05) is 31.2 Å². The highest BCUT2D eigenvalue weighted by Crippen LogP contribution is 2.37. The molecule has 2 N–H and O–H groups in total. The maximum Gasteiger partial charge on any atom is 0.341 e. The lowest BCUT2D eigenvalue weighted by Gasteiger charge is -2.34. The molecule has 30 heavy (non-hydrogen) atoms. The first-order valence-electron chi connectivity index (χ1n) is 10.0. The molecular formula is C20H24FN5O4. The van der Waals surface area contributed by atoms with Gasteiger partial charge >= 0.3 is 5.97 Å². The van der Waals surface area contributed by atoms with E-state index in [4.69, 9.17) is 4.84 Å². The van der Waals surface area contributed by atoms with Crippen molar-refractivity contribution in [3.05, 3.63) is 33.9 Å². The summed E-state index contributed by atoms with van der Waals surface area (Å²) in [6, 6.07) is 1.21. The Morgan fingerprint density at radius 2 is 2.23 bits per heavy atom. The summed E-state index contributed by atoms with van der Waals surface area (Å²) in [6.45, 7) is 3.15. The SMILES string of the molecule is CCO/N=C1\CC(NC)CN(c2nc3c(cc2F)c(=O)c(C(=O)O)cn3C2CC2)C1. The number of hydrogen-bond acceptors (Lipinski definition) is 7. The summed E-state index contributed by atoms with van der Waals surface area (Å²) < 4.78 is 16.8. The first-order chi connectivity index (χ1) is 14.4. The smallest absolute Gasteiger partial charge is 0.341 e. The fourth-order valence-electron chi connectivity index (χ4n) is 3.78. The zero-order valence-electron chi connectivity index (χ0n) is 16.9. The average Bonchev–Trinajstić information content (AvgIpc) is 3.57. The number of nitrogens with zero attached hydrogens (tertiary/aromatic N) is 4. The van der Waals surface area contributed by atoms with E-state index >= 15 is 4.39 Å². The molecule has 1 saturated carbocycles. The van der Waals surface area contributed by atoms with Crippen molar-refractivity contribution in [3.63, 3.8) is 0 Å². The number of oxime groups is 1. The third-order valence-electron chi connectivity index (χ3n) is 5.44. The average molecular weight is 417 g/mol. The van der Waals surface area contributed by atoms with Gasteiger partial charge < -0.3 is 24.7 Å². The van der Waals surface area contributed by atoms with E-state index in [1.165, 1.54) is 6.20 Å². The van der Waals surface area contributed by atoms with Gasteiger partial charge in [-0.25, -0.2) is 14.2 Å². The molecule has 3 heterocycles. The highest BCUT2D eigenvalue weighted by atomic mass is 19.1. The molecular weight excluding hydrogens is 393 g/mol. The van der Waals surface area contributed by atoms with Crippen molar-refractivity contribution in [3.8, 4) is 0 Å². The monoisotopic (exact) mass is 417 g/mol. The van der Waals surface area contributed by atoms with Gasteiger partial charge in [-0.2, -0.15) is 0 Å². The number of rotatable bonds is 6. The predicted octanol–water partition coefficient (Wildman–Crippen LogP) is 1.76. The van der Waals surface area contributed by atoms with Gasteiger partial charge in [0.2, 0.25) is 5.43 Å². The van der Waals surface area contributed by atoms with Gasteiger partial charge in [0.15, 0.2) is 11.6 Å². The van der Waals surface area contributed by atoms with Crippen molar-refractivity contribution < 1.29 is 19.1 Å². The Morgan fingerprint density at radius 1 is 1.47 bits per heavy atom. The van der Waals surface area contributed by atoms with Crippen LogP contribution in [-0.2, 0) is 4.84 Å². The van der Waals surface area contributed by atoms with Crippen molar-refractivity contribution in [1.29, 1.82) is 0 Å². The van der Waals surface area contributed by atoms with Crippen LogP contribution in [0.5, 0.6) is 0 Å². The molecule has 0 radical (unpaired) electrons. The minimum absolute atomic E-state index is 0.0200. The number of carboxylic acids is 1. The van der Waals surface area contributed by atoms with Crippen molar-refractivity contribution in [1.82, 2.24) is 14.9 Å². The third-order valence-corrected chi connectivity index (χ3v) is 5.44. The summed E-state index contributed by atoms with van der Waals surface area (Å²) >= 11 is 0. The number of hydrogen-bond donors (Lipinski definition) is 2. The van der Waals surface area contributed by atoms with Gasteiger partial charge in [-0.3, -0.25) is 4.79 Å². The lowest BCUT2D eigenvalue weighted by atomic mass is 10.0. The lowest BCUT2D eigenvalue weighted by Crippen LogP contribution is -2.49. The highest BCUT2D eigenvalue weighted by molar-refractivity contribution is 5.93. The van der Waals surface area contributed by atoms with Crippen LogP contribution in [0.25, 0.3) is 11.0 Å². The van der Waals surface area contributed by atoms with E-state index in [2.05, 4.69) is 15.5 Å². The summed E-state index contributed by atoms with van der Waals surface area (Å²) in [4.78, 5) is 35.5. The maximum absolute atomic E-state index is 15.1. The molecule has 1 aliphatic carbocycles. The summed E-state index contributed by atoms with van der Waals surface area (Å²) in [5.41, 5.74) is -0.0243. The van der Waals surface area contributed by atoms with E-state index in [-0.39, 0.29) is 28.9 Å². The molecule has 0 aromatic carbocycles. The molecule has 1 saturated heterocycles. The van der Waals surface area contributed by atoms with Crippen LogP contribution < -0.4 is 15.6 Å². The number of aromatic carboxylic acids is 1. The number of carboxylic acid groups (broad SMARTS) is 1. The third kappa shape index (κ3) is 3.74. The number of anilines is 1. The normalized spacial score (nSPS) is 20.7. The molecule has 9 nitrogen and oxygen atoms in total. The molecule has 0 amide bonds. The standard InChI is InChI=1S/C20H24FN5O4/c1-3-30-24-12-6-11(22-2)8-25(9-12)19-16(21)7-14-17(27)15(20(28)29)10-26(13-4-5-13)18(14)23-19/h7,10-11,13,22H,3-6,8-9H2,1-2H3,(H,28,29)/b24-12+. The highest BCUT2D eigenvalue weighted by Gasteiger charge is 2.30. The quantitative estimate of drug-likeness (QED) is 0.690. The lowest BCUT2D eigenvalue weighted by molar-refractivity contribution is 0.0695. The molecule has 2 aromatic heterocycles. The fraction of sp³-hybridized carbons (Fsp3) is 0.500. The van der Waals surface area contributed by atoms with Crippen molar-refractivity contribution in [2.45, 2.75) is 38.3 Å². The number of aromatic nitrogens is 2. The van der Waals surface area contributed by atoms with E-state index in [9.17, 15) is 14.7 Å². The Morgan fingerprint density at radius 3 is 2.87 bits per heavy atom. The van der Waals surface area contributed by atoms with E-state index in [0.717, 1.165) is 24.6 Å². The summed E-state index contributed by atoms with van der Waals surface area (Å²) in [5.74, 6) is -1.88. The zero-order valence-corrected chi connectivity index (χ0v) is 16.9. The van der Waals surface area contributed by atoms with Gasteiger partial charge in [-0.15, -0.1) is 0 Å². The molecule has 1 aliphatic heterocycles. The number of fused-ring (bicyclic) bond motifs is 1. The second-order valence-electron chi connectivity index (χ2n) is 7.63. The summed E-state index contributed by atoms with van der Waals surface area (Å²) in [5, 5.41) is 16.7. The number of piperidine rings is 1. The molecule has 2 aliphatic rings. The molecule has 4 rings (SSSR count). The number of pyridine rings is 2. The molecule has 2 aromatic rings. The predicted molar refractivity (Wildman–Crippen MR) is 110 cm³/mol. The maximum atomic E-state index is 15.1. The van der Waals surface area contributed by atoms with Crippen molar-refractivity contribution >= 4 is 28.5 Å². The molecule has 0 bridgehead atoms. The van der Waals surface area contributed by atoms with Crippen LogP contribution in [0.15, 0.2) is 22.2 Å². The second-order valence-corrected chi connectivity index (χ2v) is 7.63. The molecule has 1 unspecified atom stereocenters. The zero-order chi connectivity index (χ0) is 21.4. The Labute approximate surface area is 172 Å². The van der Waals surface area contributed by atoms with Gasteiger partial charge in [-0.05, 0) is 32.9 Å². The first-order valence-corrected chi connectivity index (χ1v) is 10.0. The molecule has 1 atom stereocenters. The largest absolute Gasteiger partial charge is 0.477 e. The van der Waals surface area contributed by atoms with E-state index in [1.54, 1.807) is 9.47 Å². The van der Waals surface area contributed by atoms with E-state index in [0.29, 0.717) is 31.8 Å².